The number of nitrogens with one attached hydrogen (secondary N) is 1. The number of hydrogen-bond donors (Lipinski definition) is 1. The van der Waals surface area contributed by atoms with Crippen LogP contribution in [0.15, 0.2) is 60.8 Å². The van der Waals surface area contributed by atoms with Gasteiger partial charge in [-0.2, -0.15) is 10.1 Å². The van der Waals surface area contributed by atoms with Gasteiger partial charge in [-0.3, -0.25) is 0 Å². The summed E-state index contributed by atoms with van der Waals surface area (Å²) in [6.45, 7) is 0.750. The zero-order chi connectivity index (χ0) is 17.5. The van der Waals surface area contributed by atoms with Crippen LogP contribution in [0.2, 0.25) is 0 Å². The lowest BCUT2D eigenvalue weighted by atomic mass is 10.1. The van der Waals surface area contributed by atoms with Crippen molar-refractivity contribution in [3.05, 3.63) is 66.4 Å². The third-order valence-corrected chi connectivity index (χ3v) is 3.85. The second-order valence-corrected chi connectivity index (χ2v) is 5.56. The van der Waals surface area contributed by atoms with Gasteiger partial charge in [0.25, 0.3) is 5.95 Å². The van der Waals surface area contributed by atoms with Gasteiger partial charge in [0.2, 0.25) is 0 Å². The molecule has 0 fully saturated rings. The molecule has 1 heterocycles. The number of rotatable bonds is 7. The van der Waals surface area contributed by atoms with E-state index in [9.17, 15) is 0 Å². The molecule has 0 spiro atoms. The number of ether oxygens (including phenoxy) is 1. The SMILES string of the molecule is COc1cccc(CCNc2cnnc(N(C)c3ccccc3)n2)c1. The standard InChI is InChI=1S/C19H21N5O/c1-24(16-8-4-3-5-9-16)19-22-18(14-21-23-19)20-12-11-15-7-6-10-17(13-15)25-2/h3-10,13-14H,11-12H2,1-2H3,(H,20,22,23). The van der Waals surface area contributed by atoms with Gasteiger partial charge in [0.15, 0.2) is 5.82 Å². The van der Waals surface area contributed by atoms with Crippen LogP contribution < -0.4 is 15.0 Å². The molecule has 2 aromatic carbocycles. The summed E-state index contributed by atoms with van der Waals surface area (Å²) < 4.78 is 5.25. The molecule has 0 unspecified atom stereocenters. The van der Waals surface area contributed by atoms with Gasteiger partial charge >= 0.3 is 0 Å². The summed E-state index contributed by atoms with van der Waals surface area (Å²) in [4.78, 5) is 6.43. The van der Waals surface area contributed by atoms with Gasteiger partial charge in [-0.25, -0.2) is 0 Å². The van der Waals surface area contributed by atoms with Crippen molar-refractivity contribution in [2.45, 2.75) is 6.42 Å². The Morgan fingerprint density at radius 1 is 1.08 bits per heavy atom. The lowest BCUT2D eigenvalue weighted by molar-refractivity contribution is 0.414. The van der Waals surface area contributed by atoms with Crippen LogP contribution in [0, 0.1) is 0 Å². The molecule has 0 aliphatic heterocycles. The van der Waals surface area contributed by atoms with Crippen molar-refractivity contribution >= 4 is 17.5 Å². The highest BCUT2D eigenvalue weighted by atomic mass is 16.5. The van der Waals surface area contributed by atoms with Crippen LogP contribution in [-0.2, 0) is 6.42 Å². The van der Waals surface area contributed by atoms with Gasteiger partial charge < -0.3 is 15.0 Å². The van der Waals surface area contributed by atoms with Gasteiger partial charge in [0.1, 0.15) is 5.75 Å². The topological polar surface area (TPSA) is 63.2 Å². The van der Waals surface area contributed by atoms with Crippen molar-refractivity contribution in [1.82, 2.24) is 15.2 Å². The van der Waals surface area contributed by atoms with E-state index in [2.05, 4.69) is 26.6 Å². The lowest BCUT2D eigenvalue weighted by Crippen LogP contribution is -2.15. The van der Waals surface area contributed by atoms with Gasteiger partial charge in [0.05, 0.1) is 13.3 Å². The fourth-order valence-corrected chi connectivity index (χ4v) is 2.45. The molecule has 0 radical (unpaired) electrons. The molecule has 1 N–H and O–H groups in total. The average Bonchev–Trinajstić information content (AvgIpc) is 2.68. The summed E-state index contributed by atoms with van der Waals surface area (Å²) in [5.41, 5.74) is 2.22. The summed E-state index contributed by atoms with van der Waals surface area (Å²) in [6.07, 6.45) is 2.50. The highest BCUT2D eigenvalue weighted by molar-refractivity contribution is 5.56. The Morgan fingerprint density at radius 3 is 2.72 bits per heavy atom. The van der Waals surface area contributed by atoms with Crippen LogP contribution in [0.5, 0.6) is 5.75 Å². The molecule has 3 aromatic rings. The Balaban J connectivity index is 1.62. The van der Waals surface area contributed by atoms with E-state index in [4.69, 9.17) is 4.74 Å². The quantitative estimate of drug-likeness (QED) is 0.715. The van der Waals surface area contributed by atoms with Crippen LogP contribution in [0.25, 0.3) is 0 Å². The van der Waals surface area contributed by atoms with E-state index >= 15 is 0 Å². The zero-order valence-electron chi connectivity index (χ0n) is 14.4. The average molecular weight is 335 g/mol. The highest BCUT2D eigenvalue weighted by Gasteiger charge is 2.08. The van der Waals surface area contributed by atoms with Crippen LogP contribution in [0.1, 0.15) is 5.56 Å². The van der Waals surface area contributed by atoms with E-state index in [0.717, 1.165) is 24.4 Å². The monoisotopic (exact) mass is 335 g/mol. The minimum absolute atomic E-state index is 0.553. The Kier molecular flexibility index (Phi) is 5.41. The summed E-state index contributed by atoms with van der Waals surface area (Å²) in [7, 11) is 3.60. The Hall–Kier alpha value is -3.15. The Labute approximate surface area is 147 Å². The van der Waals surface area contributed by atoms with Crippen molar-refractivity contribution < 1.29 is 4.74 Å². The van der Waals surface area contributed by atoms with E-state index in [0.29, 0.717) is 11.8 Å². The van der Waals surface area contributed by atoms with E-state index in [-0.39, 0.29) is 0 Å². The molecule has 1 aromatic heterocycles. The highest BCUT2D eigenvalue weighted by Crippen LogP contribution is 2.19. The molecule has 0 amide bonds. The normalized spacial score (nSPS) is 10.3. The molecule has 0 saturated carbocycles. The largest absolute Gasteiger partial charge is 0.497 e. The fourth-order valence-electron chi connectivity index (χ4n) is 2.45. The molecule has 25 heavy (non-hydrogen) atoms. The molecule has 6 heteroatoms. The molecule has 0 atom stereocenters. The molecular weight excluding hydrogens is 314 g/mol. The van der Waals surface area contributed by atoms with Gasteiger partial charge in [0, 0.05) is 19.3 Å². The van der Waals surface area contributed by atoms with Crippen molar-refractivity contribution in [2.75, 3.05) is 30.9 Å². The predicted octanol–water partition coefficient (Wildman–Crippen LogP) is 3.30. The minimum Gasteiger partial charge on any atom is -0.497 e. The second kappa shape index (κ2) is 8.10. The first-order valence-corrected chi connectivity index (χ1v) is 8.11. The summed E-state index contributed by atoms with van der Waals surface area (Å²) in [5, 5.41) is 11.5. The van der Waals surface area contributed by atoms with Crippen LogP contribution >= 0.6 is 0 Å². The van der Waals surface area contributed by atoms with E-state index < -0.39 is 0 Å². The number of methoxy groups -OCH3 is 1. The zero-order valence-corrected chi connectivity index (χ0v) is 14.4. The molecule has 0 aliphatic rings. The van der Waals surface area contributed by atoms with Crippen LogP contribution in [0.3, 0.4) is 0 Å². The molecule has 0 aliphatic carbocycles. The number of benzene rings is 2. The fraction of sp³-hybridized carbons (Fsp3) is 0.211. The first kappa shape index (κ1) is 16.7. The van der Waals surface area contributed by atoms with Gasteiger partial charge in [-0.15, -0.1) is 5.10 Å². The van der Waals surface area contributed by atoms with Crippen molar-refractivity contribution in [3.63, 3.8) is 0 Å². The summed E-state index contributed by atoms with van der Waals surface area (Å²) in [6, 6.07) is 18.0. The number of hydrogen-bond acceptors (Lipinski definition) is 6. The molecule has 128 valence electrons. The first-order chi connectivity index (χ1) is 12.3. The predicted molar refractivity (Wildman–Crippen MR) is 99.5 cm³/mol. The maximum Gasteiger partial charge on any atom is 0.251 e. The van der Waals surface area contributed by atoms with Crippen LogP contribution in [-0.4, -0.2) is 35.9 Å². The maximum atomic E-state index is 5.25. The molecular formula is C19H21N5O. The smallest absolute Gasteiger partial charge is 0.251 e. The van der Waals surface area contributed by atoms with Crippen LogP contribution in [0.4, 0.5) is 17.5 Å². The lowest BCUT2D eigenvalue weighted by Gasteiger charge is -2.17. The number of nitrogens with zero attached hydrogens (tertiary/aromatic N) is 4. The van der Waals surface area contributed by atoms with Crippen molar-refractivity contribution in [2.24, 2.45) is 0 Å². The summed E-state index contributed by atoms with van der Waals surface area (Å²) >= 11 is 0. The first-order valence-electron chi connectivity index (χ1n) is 8.11. The van der Waals surface area contributed by atoms with Crippen molar-refractivity contribution in [1.29, 1.82) is 0 Å². The number of para-hydroxylation sites is 1. The van der Waals surface area contributed by atoms with E-state index in [1.54, 1.807) is 13.3 Å². The van der Waals surface area contributed by atoms with E-state index in [1.807, 2.05) is 60.5 Å². The van der Waals surface area contributed by atoms with Gasteiger partial charge in [-0.1, -0.05) is 30.3 Å². The van der Waals surface area contributed by atoms with E-state index in [1.165, 1.54) is 5.56 Å². The molecule has 0 saturated heterocycles. The van der Waals surface area contributed by atoms with Crippen molar-refractivity contribution in [3.8, 4) is 5.75 Å². The minimum atomic E-state index is 0.553. The number of anilines is 3. The van der Waals surface area contributed by atoms with Gasteiger partial charge in [-0.05, 0) is 36.2 Å². The Morgan fingerprint density at radius 2 is 1.92 bits per heavy atom. The molecule has 0 bridgehead atoms. The third-order valence-electron chi connectivity index (χ3n) is 3.85. The maximum absolute atomic E-state index is 5.25. The number of aromatic nitrogens is 3. The summed E-state index contributed by atoms with van der Waals surface area (Å²) in [5.74, 6) is 2.13. The molecule has 3 rings (SSSR count). The Bertz CT molecular complexity index is 810. The second-order valence-electron chi connectivity index (χ2n) is 5.56. The molecule has 6 nitrogen and oxygen atoms in total. The third kappa shape index (κ3) is 4.44.